The Morgan fingerprint density at radius 1 is 1.73 bits per heavy atom. The second kappa shape index (κ2) is 3.72. The summed E-state index contributed by atoms with van der Waals surface area (Å²) in [4.78, 5) is 10.9. The Morgan fingerprint density at radius 2 is 2.45 bits per heavy atom. The second-order valence-electron chi connectivity index (χ2n) is 3.07. The molecule has 11 heavy (non-hydrogen) atoms. The van der Waals surface area contributed by atoms with Crippen LogP contribution in [-0.4, -0.2) is 25.7 Å². The number of carbonyl (C=O) groups is 1. The van der Waals surface area contributed by atoms with Gasteiger partial charge in [-0.2, -0.15) is 0 Å². The number of methoxy groups -OCH3 is 1. The summed E-state index contributed by atoms with van der Waals surface area (Å²) in [6.07, 6.45) is 1.65. The molecule has 0 spiro atoms. The van der Waals surface area contributed by atoms with Gasteiger partial charge >= 0.3 is 5.97 Å². The number of nitrogens with one attached hydrogen (secondary N) is 1. The first-order valence-electron chi connectivity index (χ1n) is 4.04. The molecule has 1 fully saturated rings. The van der Waals surface area contributed by atoms with Gasteiger partial charge in [0.1, 0.15) is 0 Å². The van der Waals surface area contributed by atoms with Crippen molar-refractivity contribution in [3.63, 3.8) is 0 Å². The van der Waals surface area contributed by atoms with E-state index < -0.39 is 0 Å². The molecule has 0 aliphatic carbocycles. The highest BCUT2D eigenvalue weighted by Gasteiger charge is 2.25. The van der Waals surface area contributed by atoms with E-state index in [1.165, 1.54) is 7.11 Å². The van der Waals surface area contributed by atoms with Crippen LogP contribution in [-0.2, 0) is 9.53 Å². The monoisotopic (exact) mass is 157 g/mol. The predicted molar refractivity (Wildman–Crippen MR) is 42.2 cm³/mol. The standard InChI is InChI=1S/C8H15NO2/c1-6-7(3-4-9-6)5-8(10)11-2/h6-7,9H,3-5H2,1-2H3/t6-,7-/m1/s1. The minimum atomic E-state index is -0.0921. The van der Waals surface area contributed by atoms with Crippen molar-refractivity contribution in [2.24, 2.45) is 5.92 Å². The Labute approximate surface area is 67.1 Å². The molecule has 0 aromatic rings. The topological polar surface area (TPSA) is 38.3 Å². The number of carbonyl (C=O) groups excluding carboxylic acids is 1. The molecule has 0 amide bonds. The first-order chi connectivity index (χ1) is 5.24. The van der Waals surface area contributed by atoms with Crippen LogP contribution < -0.4 is 5.32 Å². The van der Waals surface area contributed by atoms with Crippen molar-refractivity contribution in [1.82, 2.24) is 5.32 Å². The highest BCUT2D eigenvalue weighted by atomic mass is 16.5. The Bertz CT molecular complexity index is 147. The molecular weight excluding hydrogens is 142 g/mol. The van der Waals surface area contributed by atoms with Crippen LogP contribution in [0.25, 0.3) is 0 Å². The van der Waals surface area contributed by atoms with Crippen LogP contribution >= 0.6 is 0 Å². The molecule has 1 saturated heterocycles. The first-order valence-corrected chi connectivity index (χ1v) is 4.04. The van der Waals surface area contributed by atoms with Crippen molar-refractivity contribution in [3.05, 3.63) is 0 Å². The summed E-state index contributed by atoms with van der Waals surface area (Å²) in [5.41, 5.74) is 0. The predicted octanol–water partition coefficient (Wildman–Crippen LogP) is 0.547. The van der Waals surface area contributed by atoms with Crippen LogP contribution in [0.2, 0.25) is 0 Å². The van der Waals surface area contributed by atoms with E-state index in [1.807, 2.05) is 0 Å². The Balaban J connectivity index is 2.30. The van der Waals surface area contributed by atoms with Crippen molar-refractivity contribution in [2.75, 3.05) is 13.7 Å². The first kappa shape index (κ1) is 8.53. The van der Waals surface area contributed by atoms with Crippen LogP contribution in [0, 0.1) is 5.92 Å². The minimum Gasteiger partial charge on any atom is -0.469 e. The molecule has 1 rings (SSSR count). The van der Waals surface area contributed by atoms with Gasteiger partial charge in [-0.1, -0.05) is 0 Å². The van der Waals surface area contributed by atoms with E-state index >= 15 is 0 Å². The fourth-order valence-corrected chi connectivity index (χ4v) is 1.49. The van der Waals surface area contributed by atoms with Gasteiger partial charge < -0.3 is 10.1 Å². The van der Waals surface area contributed by atoms with Gasteiger partial charge in [-0.25, -0.2) is 0 Å². The molecule has 0 radical (unpaired) electrons. The van der Waals surface area contributed by atoms with E-state index in [0.29, 0.717) is 18.4 Å². The van der Waals surface area contributed by atoms with Crippen LogP contribution in [0.5, 0.6) is 0 Å². The highest BCUT2D eigenvalue weighted by molar-refractivity contribution is 5.69. The largest absolute Gasteiger partial charge is 0.469 e. The van der Waals surface area contributed by atoms with Gasteiger partial charge in [-0.3, -0.25) is 4.79 Å². The van der Waals surface area contributed by atoms with Crippen molar-refractivity contribution in [3.8, 4) is 0 Å². The summed E-state index contributed by atoms with van der Waals surface area (Å²) in [6.45, 7) is 3.14. The molecule has 1 heterocycles. The lowest BCUT2D eigenvalue weighted by Crippen LogP contribution is -2.24. The zero-order valence-electron chi connectivity index (χ0n) is 7.09. The normalized spacial score (nSPS) is 30.4. The van der Waals surface area contributed by atoms with Crippen molar-refractivity contribution in [2.45, 2.75) is 25.8 Å². The molecule has 1 N–H and O–H groups in total. The molecule has 0 unspecified atom stereocenters. The van der Waals surface area contributed by atoms with E-state index in [1.54, 1.807) is 0 Å². The summed E-state index contributed by atoms with van der Waals surface area (Å²) in [6, 6.07) is 0.467. The summed E-state index contributed by atoms with van der Waals surface area (Å²) in [5, 5.41) is 3.29. The third-order valence-electron chi connectivity index (χ3n) is 2.35. The van der Waals surface area contributed by atoms with Gasteiger partial charge in [0.2, 0.25) is 0 Å². The molecular formula is C8H15NO2. The number of ether oxygens (including phenoxy) is 1. The number of hydrogen-bond acceptors (Lipinski definition) is 3. The highest BCUT2D eigenvalue weighted by Crippen LogP contribution is 2.18. The van der Waals surface area contributed by atoms with Gasteiger partial charge in [0, 0.05) is 12.5 Å². The third-order valence-corrected chi connectivity index (χ3v) is 2.35. The molecule has 1 aliphatic rings. The van der Waals surface area contributed by atoms with Crippen molar-refractivity contribution < 1.29 is 9.53 Å². The van der Waals surface area contributed by atoms with Gasteiger partial charge in [0.15, 0.2) is 0 Å². The Hall–Kier alpha value is -0.570. The quantitative estimate of drug-likeness (QED) is 0.595. The van der Waals surface area contributed by atoms with E-state index in [4.69, 9.17) is 0 Å². The molecule has 3 nitrogen and oxygen atoms in total. The zero-order chi connectivity index (χ0) is 8.27. The van der Waals surface area contributed by atoms with E-state index in [9.17, 15) is 4.79 Å². The number of rotatable bonds is 2. The zero-order valence-corrected chi connectivity index (χ0v) is 7.09. The fraction of sp³-hybridized carbons (Fsp3) is 0.875. The van der Waals surface area contributed by atoms with Gasteiger partial charge in [0.25, 0.3) is 0 Å². The minimum absolute atomic E-state index is 0.0921. The fourth-order valence-electron chi connectivity index (χ4n) is 1.49. The lowest BCUT2D eigenvalue weighted by Gasteiger charge is -2.12. The number of hydrogen-bond donors (Lipinski definition) is 1. The average Bonchev–Trinajstić information content (AvgIpc) is 2.37. The molecule has 0 aromatic heterocycles. The summed E-state index contributed by atoms with van der Waals surface area (Å²) in [5.74, 6) is 0.382. The SMILES string of the molecule is COC(=O)C[C@H]1CCN[C@@H]1C. The molecule has 2 atom stereocenters. The van der Waals surface area contributed by atoms with Crippen LogP contribution in [0.4, 0.5) is 0 Å². The molecule has 64 valence electrons. The van der Waals surface area contributed by atoms with E-state index in [2.05, 4.69) is 17.0 Å². The van der Waals surface area contributed by atoms with E-state index in [0.717, 1.165) is 13.0 Å². The van der Waals surface area contributed by atoms with Crippen molar-refractivity contribution in [1.29, 1.82) is 0 Å². The van der Waals surface area contributed by atoms with Crippen LogP contribution in [0.15, 0.2) is 0 Å². The summed E-state index contributed by atoms with van der Waals surface area (Å²) in [7, 11) is 1.44. The lowest BCUT2D eigenvalue weighted by molar-refractivity contribution is -0.141. The third kappa shape index (κ3) is 2.19. The second-order valence-corrected chi connectivity index (χ2v) is 3.07. The molecule has 1 aliphatic heterocycles. The maximum atomic E-state index is 10.9. The Morgan fingerprint density at radius 3 is 2.91 bits per heavy atom. The average molecular weight is 157 g/mol. The van der Waals surface area contributed by atoms with E-state index in [-0.39, 0.29) is 5.97 Å². The van der Waals surface area contributed by atoms with Gasteiger partial charge in [-0.15, -0.1) is 0 Å². The maximum Gasteiger partial charge on any atom is 0.305 e. The molecule has 0 aromatic carbocycles. The lowest BCUT2D eigenvalue weighted by atomic mass is 9.98. The van der Waals surface area contributed by atoms with Crippen LogP contribution in [0.1, 0.15) is 19.8 Å². The molecule has 0 saturated carbocycles. The van der Waals surface area contributed by atoms with Gasteiger partial charge in [0.05, 0.1) is 7.11 Å². The molecule has 0 bridgehead atoms. The maximum absolute atomic E-state index is 10.9. The Kier molecular flexibility index (Phi) is 2.88. The number of esters is 1. The van der Waals surface area contributed by atoms with Gasteiger partial charge in [-0.05, 0) is 25.8 Å². The smallest absolute Gasteiger partial charge is 0.305 e. The van der Waals surface area contributed by atoms with Crippen molar-refractivity contribution >= 4 is 5.97 Å². The summed E-state index contributed by atoms with van der Waals surface area (Å²) >= 11 is 0. The summed E-state index contributed by atoms with van der Waals surface area (Å²) < 4.78 is 4.59. The van der Waals surface area contributed by atoms with Crippen LogP contribution in [0.3, 0.4) is 0 Å². The molecule has 3 heteroatoms.